The minimum Gasteiger partial charge on any atom is -0.494 e. The number of rotatable bonds is 13. The zero-order valence-electron chi connectivity index (χ0n) is 25.9. The fraction of sp³-hybridized carbons (Fsp3) is 0.125. The van der Waals surface area contributed by atoms with Crippen molar-refractivity contribution in [1.29, 1.82) is 0 Å². The van der Waals surface area contributed by atoms with E-state index < -0.39 is 8.07 Å². The molecule has 0 aliphatic rings. The summed E-state index contributed by atoms with van der Waals surface area (Å²) in [5, 5.41) is 4.10. The third-order valence-electron chi connectivity index (χ3n) is 8.49. The molecule has 5 heteroatoms. The van der Waals surface area contributed by atoms with Crippen molar-refractivity contribution < 1.29 is 4.74 Å². The van der Waals surface area contributed by atoms with Gasteiger partial charge in [-0.25, -0.2) is 0 Å². The van der Waals surface area contributed by atoms with Crippen LogP contribution in [0, 0.1) is 0 Å². The van der Waals surface area contributed by atoms with Gasteiger partial charge < -0.3 is 9.30 Å². The molecule has 0 aliphatic carbocycles. The van der Waals surface area contributed by atoms with E-state index in [1.807, 2.05) is 6.20 Å². The van der Waals surface area contributed by atoms with Gasteiger partial charge in [0, 0.05) is 18.6 Å². The van der Waals surface area contributed by atoms with Crippen LogP contribution in [0.25, 0.3) is 11.5 Å². The Morgan fingerprint density at radius 1 is 0.711 bits per heavy atom. The van der Waals surface area contributed by atoms with Gasteiger partial charge in [0.05, 0.1) is 12.3 Å². The van der Waals surface area contributed by atoms with E-state index in [0.29, 0.717) is 0 Å². The Kier molecular flexibility index (Phi) is 9.88. The standard InChI is InChI=1S/C40H39BN2OSi/c1-2-3-30-44-35-24-26-38(27-25-35)45(36-20-12-6-13-21-36,37-22-14-7-15-23-37)32-43-29-28-42-40(43)41-39(34-18-10-5-11-19-34)31-33-16-8-4-9-17-33/h4-29,31,41H,2-3,30,32H2,1H3. The van der Waals surface area contributed by atoms with Crippen molar-refractivity contribution in [1.82, 2.24) is 9.55 Å². The molecule has 0 fully saturated rings. The molecule has 0 N–H and O–H groups in total. The summed E-state index contributed by atoms with van der Waals surface area (Å²) < 4.78 is 8.48. The number of hydrogen-bond acceptors (Lipinski definition) is 2. The van der Waals surface area contributed by atoms with Crippen LogP contribution in [0.1, 0.15) is 30.9 Å². The van der Waals surface area contributed by atoms with Crippen LogP contribution >= 0.6 is 0 Å². The molecule has 0 saturated carbocycles. The van der Waals surface area contributed by atoms with Gasteiger partial charge in [-0.3, -0.25) is 4.98 Å². The topological polar surface area (TPSA) is 27.1 Å². The van der Waals surface area contributed by atoms with Crippen molar-refractivity contribution in [3.8, 4) is 5.75 Å². The van der Waals surface area contributed by atoms with Crippen molar-refractivity contribution in [3.05, 3.63) is 169 Å². The summed E-state index contributed by atoms with van der Waals surface area (Å²) in [6.45, 7) is 2.94. The predicted molar refractivity (Wildman–Crippen MR) is 194 cm³/mol. The van der Waals surface area contributed by atoms with Gasteiger partial charge in [0.2, 0.25) is 7.28 Å². The molecule has 222 valence electrons. The Morgan fingerprint density at radius 3 is 1.87 bits per heavy atom. The van der Waals surface area contributed by atoms with Gasteiger partial charge in [0.15, 0.2) is 8.07 Å². The minimum absolute atomic E-state index is 0.726. The van der Waals surface area contributed by atoms with E-state index in [0.717, 1.165) is 44.4 Å². The molecule has 1 aromatic heterocycles. The Hall–Kier alpha value is -4.87. The van der Waals surface area contributed by atoms with Gasteiger partial charge in [-0.2, -0.15) is 0 Å². The molecule has 0 bridgehead atoms. The summed E-state index contributed by atoms with van der Waals surface area (Å²) >= 11 is 0. The highest BCUT2D eigenvalue weighted by atomic mass is 28.3. The lowest BCUT2D eigenvalue weighted by Gasteiger charge is -2.34. The maximum Gasteiger partial charge on any atom is 0.239 e. The normalized spacial score (nSPS) is 11.7. The van der Waals surface area contributed by atoms with Crippen LogP contribution in [0.5, 0.6) is 5.75 Å². The highest BCUT2D eigenvalue weighted by Crippen LogP contribution is 2.19. The second-order valence-electron chi connectivity index (χ2n) is 11.5. The van der Waals surface area contributed by atoms with Crippen LogP contribution in [0.15, 0.2) is 158 Å². The van der Waals surface area contributed by atoms with Crippen LogP contribution in [0.3, 0.4) is 0 Å². The molecule has 0 unspecified atom stereocenters. The van der Waals surface area contributed by atoms with Crippen LogP contribution in [0.4, 0.5) is 0 Å². The SMILES string of the molecule is CCCCOc1ccc([Si](Cn2ccnc2BC(=Cc2ccccc2)c2ccccc2)(c2ccccc2)c2ccccc2)cc1. The highest BCUT2D eigenvalue weighted by molar-refractivity contribution is 7.10. The first kappa shape index (κ1) is 30.2. The Labute approximate surface area is 269 Å². The zero-order chi connectivity index (χ0) is 30.7. The van der Waals surface area contributed by atoms with E-state index in [9.17, 15) is 0 Å². The molecule has 0 spiro atoms. The molecule has 1 heterocycles. The third-order valence-corrected chi connectivity index (χ3v) is 13.3. The van der Waals surface area contributed by atoms with Crippen molar-refractivity contribution in [2.24, 2.45) is 0 Å². The summed E-state index contributed by atoms with van der Waals surface area (Å²) in [6.07, 6.45) is 9.43. The molecule has 0 atom stereocenters. The van der Waals surface area contributed by atoms with E-state index in [4.69, 9.17) is 9.72 Å². The first-order valence-electron chi connectivity index (χ1n) is 15.9. The lowest BCUT2D eigenvalue weighted by atomic mass is 9.65. The van der Waals surface area contributed by atoms with E-state index in [1.54, 1.807) is 0 Å². The maximum atomic E-state index is 6.08. The van der Waals surface area contributed by atoms with Crippen molar-refractivity contribution >= 4 is 48.2 Å². The molecule has 6 rings (SSSR count). The minimum atomic E-state index is -2.58. The number of nitrogens with zero attached hydrogens (tertiary/aromatic N) is 2. The molecule has 5 aromatic carbocycles. The van der Waals surface area contributed by atoms with Gasteiger partial charge in [-0.05, 0) is 45.2 Å². The molecular formula is C40H39BN2OSi. The van der Waals surface area contributed by atoms with Crippen LogP contribution in [0.2, 0.25) is 0 Å². The van der Waals surface area contributed by atoms with E-state index in [1.165, 1.54) is 32.2 Å². The fourth-order valence-electron chi connectivity index (χ4n) is 6.11. The van der Waals surface area contributed by atoms with Crippen LogP contribution in [-0.4, -0.2) is 31.5 Å². The summed E-state index contributed by atoms with van der Waals surface area (Å²) in [5.74, 6) is 0.929. The summed E-state index contributed by atoms with van der Waals surface area (Å²) in [6, 6.07) is 52.3. The molecule has 0 saturated heterocycles. The largest absolute Gasteiger partial charge is 0.494 e. The number of unbranched alkanes of at least 4 members (excludes halogenated alkanes) is 1. The smallest absolute Gasteiger partial charge is 0.239 e. The second-order valence-corrected chi connectivity index (χ2v) is 15.3. The summed E-state index contributed by atoms with van der Waals surface area (Å²) in [5.41, 5.74) is 4.70. The second kappa shape index (κ2) is 14.7. The van der Waals surface area contributed by atoms with Gasteiger partial charge in [-0.15, -0.1) is 0 Å². The van der Waals surface area contributed by atoms with Crippen molar-refractivity contribution in [3.63, 3.8) is 0 Å². The van der Waals surface area contributed by atoms with Crippen molar-refractivity contribution in [2.45, 2.75) is 25.9 Å². The number of imidazole rings is 1. The first-order valence-corrected chi connectivity index (χ1v) is 18.1. The van der Waals surface area contributed by atoms with Gasteiger partial charge >= 0.3 is 0 Å². The van der Waals surface area contributed by atoms with Gasteiger partial charge in [0.25, 0.3) is 0 Å². The third kappa shape index (κ3) is 7.11. The fourth-order valence-corrected chi connectivity index (χ4v) is 10.7. The molecule has 6 aromatic rings. The van der Waals surface area contributed by atoms with Gasteiger partial charge in [0.1, 0.15) is 5.75 Å². The average molecular weight is 603 g/mol. The number of aromatic nitrogens is 2. The van der Waals surface area contributed by atoms with E-state index >= 15 is 0 Å². The van der Waals surface area contributed by atoms with E-state index in [-0.39, 0.29) is 0 Å². The molecule has 0 radical (unpaired) electrons. The van der Waals surface area contributed by atoms with Gasteiger partial charge in [-0.1, -0.05) is 158 Å². The molecule has 0 aliphatic heterocycles. The quantitative estimate of drug-likeness (QED) is 0.0699. The van der Waals surface area contributed by atoms with Crippen molar-refractivity contribution in [2.75, 3.05) is 6.61 Å². The highest BCUT2D eigenvalue weighted by Gasteiger charge is 2.40. The number of benzene rings is 5. The molecule has 0 amide bonds. The molecule has 45 heavy (non-hydrogen) atoms. The lowest BCUT2D eigenvalue weighted by Crippen LogP contribution is -2.70. The summed E-state index contributed by atoms with van der Waals surface area (Å²) in [7, 11) is -1.85. The van der Waals surface area contributed by atoms with Crippen LogP contribution < -0.4 is 26.0 Å². The van der Waals surface area contributed by atoms with Crippen LogP contribution in [-0.2, 0) is 6.17 Å². The number of hydrogen-bond donors (Lipinski definition) is 0. The maximum absolute atomic E-state index is 6.08. The Balaban J connectivity index is 1.44. The summed E-state index contributed by atoms with van der Waals surface area (Å²) in [4.78, 5) is 4.97. The zero-order valence-corrected chi connectivity index (χ0v) is 26.9. The Bertz CT molecular complexity index is 1750. The first-order chi connectivity index (χ1) is 22.3. The lowest BCUT2D eigenvalue weighted by molar-refractivity contribution is 0.309. The van der Waals surface area contributed by atoms with E-state index in [2.05, 4.69) is 169 Å². The molecule has 3 nitrogen and oxygen atoms in total. The Morgan fingerprint density at radius 2 is 1.27 bits per heavy atom. The predicted octanol–water partition coefficient (Wildman–Crippen LogP) is 6.03. The monoisotopic (exact) mass is 602 g/mol. The molecular weight excluding hydrogens is 563 g/mol. The number of ether oxygens (including phenoxy) is 1. The average Bonchev–Trinajstić information content (AvgIpc) is 3.55.